The van der Waals surface area contributed by atoms with Crippen molar-refractivity contribution < 1.29 is 28.5 Å². The number of hydrogen-bond acceptors (Lipinski definition) is 6. The molecule has 6 nitrogen and oxygen atoms in total. The molecule has 0 spiro atoms. The summed E-state index contributed by atoms with van der Waals surface area (Å²) in [7, 11) is 2.53. The molecule has 2 bridgehead atoms. The van der Waals surface area contributed by atoms with Gasteiger partial charge in [0.25, 0.3) is 0 Å². The second kappa shape index (κ2) is 6.49. The summed E-state index contributed by atoms with van der Waals surface area (Å²) in [5.74, 6) is -1.18. The quantitative estimate of drug-likeness (QED) is 0.761. The topological polar surface area (TPSA) is 71.1 Å². The van der Waals surface area contributed by atoms with Gasteiger partial charge in [-0.2, -0.15) is 0 Å². The van der Waals surface area contributed by atoms with Crippen LogP contribution in [0.4, 0.5) is 0 Å². The van der Waals surface area contributed by atoms with Crippen LogP contribution in [0.1, 0.15) is 31.8 Å². The summed E-state index contributed by atoms with van der Waals surface area (Å²) in [4.78, 5) is 23.8. The first-order valence-electron chi connectivity index (χ1n) is 6.15. The lowest BCUT2D eigenvalue weighted by Crippen LogP contribution is -2.16. The highest BCUT2D eigenvalue weighted by Crippen LogP contribution is 2.22. The zero-order valence-corrected chi connectivity index (χ0v) is 11.4. The van der Waals surface area contributed by atoms with E-state index in [0.717, 1.165) is 5.56 Å². The van der Waals surface area contributed by atoms with Crippen molar-refractivity contribution in [2.75, 3.05) is 27.4 Å². The van der Waals surface area contributed by atoms with Crippen LogP contribution in [0.15, 0.2) is 12.1 Å². The van der Waals surface area contributed by atoms with Gasteiger partial charge in [0, 0.05) is 0 Å². The van der Waals surface area contributed by atoms with Crippen LogP contribution < -0.4 is 0 Å². The molecule has 0 aromatic heterocycles. The minimum Gasteiger partial charge on any atom is -0.465 e. The van der Waals surface area contributed by atoms with E-state index in [1.807, 2.05) is 0 Å². The summed E-state index contributed by atoms with van der Waals surface area (Å²) >= 11 is 0. The van der Waals surface area contributed by atoms with E-state index >= 15 is 0 Å². The molecule has 0 amide bonds. The largest absolute Gasteiger partial charge is 0.465 e. The highest BCUT2D eigenvalue weighted by atomic mass is 16.5. The zero-order valence-electron chi connectivity index (χ0n) is 11.4. The van der Waals surface area contributed by atoms with Gasteiger partial charge in [-0.1, -0.05) is 6.07 Å². The maximum atomic E-state index is 11.9. The number of carbonyl (C=O) groups is 2. The lowest BCUT2D eigenvalue weighted by Gasteiger charge is -2.13. The smallest absolute Gasteiger partial charge is 0.339 e. The van der Waals surface area contributed by atoms with E-state index < -0.39 is 11.9 Å². The van der Waals surface area contributed by atoms with Crippen molar-refractivity contribution in [1.29, 1.82) is 0 Å². The van der Waals surface area contributed by atoms with Crippen molar-refractivity contribution in [3.63, 3.8) is 0 Å². The fraction of sp³-hybridized carbons (Fsp3) is 0.429. The SMILES string of the molecule is COC(=O)c1cc2cc(c1C(=O)OC)COCCOC2. The molecular weight excluding hydrogens is 264 g/mol. The second-order valence-electron chi connectivity index (χ2n) is 4.27. The minimum absolute atomic E-state index is 0.168. The maximum Gasteiger partial charge on any atom is 0.339 e. The van der Waals surface area contributed by atoms with E-state index in [0.29, 0.717) is 25.4 Å². The third kappa shape index (κ3) is 2.97. The molecule has 108 valence electrons. The zero-order chi connectivity index (χ0) is 14.5. The van der Waals surface area contributed by atoms with Crippen molar-refractivity contribution in [2.45, 2.75) is 13.2 Å². The predicted molar refractivity (Wildman–Crippen MR) is 68.4 cm³/mol. The Hall–Kier alpha value is -1.92. The van der Waals surface area contributed by atoms with Crippen molar-refractivity contribution in [3.8, 4) is 0 Å². The average Bonchev–Trinajstić information content (AvgIpc) is 2.56. The van der Waals surface area contributed by atoms with Crippen molar-refractivity contribution in [2.24, 2.45) is 0 Å². The molecule has 1 aliphatic heterocycles. The summed E-state index contributed by atoms with van der Waals surface area (Å²) in [6, 6.07) is 3.37. The number of carbonyl (C=O) groups excluding carboxylic acids is 2. The minimum atomic E-state index is -0.590. The maximum absolute atomic E-state index is 11.9. The molecular formula is C14H16O6. The second-order valence-corrected chi connectivity index (χ2v) is 4.27. The van der Waals surface area contributed by atoms with Crippen LogP contribution in [-0.2, 0) is 32.2 Å². The first-order chi connectivity index (χ1) is 9.67. The molecule has 0 aliphatic carbocycles. The number of rotatable bonds is 2. The lowest BCUT2D eigenvalue weighted by molar-refractivity contribution is 0.0364. The summed E-state index contributed by atoms with van der Waals surface area (Å²) in [6.45, 7) is 1.44. The molecule has 0 atom stereocenters. The molecule has 1 aliphatic rings. The van der Waals surface area contributed by atoms with Crippen LogP contribution >= 0.6 is 0 Å². The molecule has 0 unspecified atom stereocenters. The Kier molecular flexibility index (Phi) is 4.70. The Labute approximate surface area is 116 Å². The van der Waals surface area contributed by atoms with Crippen LogP contribution in [0.2, 0.25) is 0 Å². The fourth-order valence-electron chi connectivity index (χ4n) is 2.07. The Morgan fingerprint density at radius 3 is 2.30 bits per heavy atom. The van der Waals surface area contributed by atoms with Gasteiger partial charge in [0.05, 0.1) is 51.8 Å². The standard InChI is InChI=1S/C14H16O6/c1-17-13(15)11-6-9-5-10(12(11)14(16)18-2)8-20-4-3-19-7-9/h5-6H,3-4,7-8H2,1-2H3. The summed E-state index contributed by atoms with van der Waals surface area (Å²) in [6.07, 6.45) is 0. The molecule has 0 radical (unpaired) electrons. The van der Waals surface area contributed by atoms with Gasteiger partial charge in [-0.3, -0.25) is 0 Å². The van der Waals surface area contributed by atoms with Gasteiger partial charge in [-0.15, -0.1) is 0 Å². The van der Waals surface area contributed by atoms with Gasteiger partial charge in [0.2, 0.25) is 0 Å². The van der Waals surface area contributed by atoms with E-state index in [2.05, 4.69) is 0 Å². The van der Waals surface area contributed by atoms with Gasteiger partial charge >= 0.3 is 11.9 Å². The van der Waals surface area contributed by atoms with Gasteiger partial charge in [0.15, 0.2) is 0 Å². The van der Waals surface area contributed by atoms with Crippen LogP contribution in [0.25, 0.3) is 0 Å². The van der Waals surface area contributed by atoms with Gasteiger partial charge in [0.1, 0.15) is 0 Å². The van der Waals surface area contributed by atoms with E-state index in [9.17, 15) is 9.59 Å². The number of hydrogen-bond donors (Lipinski definition) is 0. The van der Waals surface area contributed by atoms with Gasteiger partial charge < -0.3 is 18.9 Å². The van der Waals surface area contributed by atoms with Gasteiger partial charge in [-0.25, -0.2) is 9.59 Å². The first kappa shape index (κ1) is 14.5. The summed E-state index contributed by atoms with van der Waals surface area (Å²) in [5, 5.41) is 0. The number of ether oxygens (including phenoxy) is 4. The van der Waals surface area contributed by atoms with Gasteiger partial charge in [-0.05, 0) is 17.2 Å². The Morgan fingerprint density at radius 1 is 1.00 bits per heavy atom. The molecule has 1 aromatic carbocycles. The molecule has 20 heavy (non-hydrogen) atoms. The van der Waals surface area contributed by atoms with Crippen LogP contribution in [0.3, 0.4) is 0 Å². The molecule has 0 fully saturated rings. The highest BCUT2D eigenvalue weighted by Gasteiger charge is 2.24. The molecule has 1 heterocycles. The third-order valence-electron chi connectivity index (χ3n) is 2.97. The van der Waals surface area contributed by atoms with E-state index in [-0.39, 0.29) is 17.7 Å². The molecule has 0 N–H and O–H groups in total. The lowest BCUT2D eigenvalue weighted by atomic mass is 9.98. The normalized spacial score (nSPS) is 14.7. The molecule has 6 heteroatoms. The van der Waals surface area contributed by atoms with E-state index in [4.69, 9.17) is 18.9 Å². The van der Waals surface area contributed by atoms with Crippen molar-refractivity contribution >= 4 is 11.9 Å². The van der Waals surface area contributed by atoms with E-state index in [1.165, 1.54) is 14.2 Å². The summed E-state index contributed by atoms with van der Waals surface area (Å²) < 4.78 is 20.3. The van der Waals surface area contributed by atoms with Crippen molar-refractivity contribution in [3.05, 3.63) is 34.4 Å². The van der Waals surface area contributed by atoms with E-state index in [1.54, 1.807) is 12.1 Å². The number of fused-ring (bicyclic) bond motifs is 2. The monoisotopic (exact) mass is 280 g/mol. The Balaban J connectivity index is 2.57. The third-order valence-corrected chi connectivity index (χ3v) is 2.97. The predicted octanol–water partition coefficient (Wildman–Crippen LogP) is 1.31. The number of benzene rings is 1. The van der Waals surface area contributed by atoms with Crippen molar-refractivity contribution in [1.82, 2.24) is 0 Å². The number of esters is 2. The molecule has 1 aromatic rings. The first-order valence-corrected chi connectivity index (χ1v) is 6.15. The van der Waals surface area contributed by atoms with Crippen LogP contribution in [-0.4, -0.2) is 39.4 Å². The molecule has 0 saturated carbocycles. The average molecular weight is 280 g/mol. The van der Waals surface area contributed by atoms with Crippen LogP contribution in [0, 0.1) is 0 Å². The Morgan fingerprint density at radius 2 is 1.65 bits per heavy atom. The highest BCUT2D eigenvalue weighted by molar-refractivity contribution is 6.04. The molecule has 0 saturated heterocycles. The Bertz CT molecular complexity index is 523. The molecule has 2 rings (SSSR count). The van der Waals surface area contributed by atoms with Crippen LogP contribution in [0.5, 0.6) is 0 Å². The number of methoxy groups -OCH3 is 2. The summed E-state index contributed by atoms with van der Waals surface area (Å²) in [5.41, 5.74) is 1.74. The fourth-order valence-corrected chi connectivity index (χ4v) is 2.07.